The number of halogens is 1. The number of hydrogen-bond acceptors (Lipinski definition) is 4. The van der Waals surface area contributed by atoms with Gasteiger partial charge in [0.05, 0.1) is 18.0 Å². The molecule has 0 atom stereocenters. The third kappa shape index (κ3) is 3.78. The molecule has 1 aromatic heterocycles. The van der Waals surface area contributed by atoms with E-state index in [9.17, 15) is 4.79 Å². The van der Waals surface area contributed by atoms with Gasteiger partial charge in [0.2, 0.25) is 0 Å². The van der Waals surface area contributed by atoms with Crippen LogP contribution >= 0.6 is 23.8 Å². The number of carbonyl (C=O) groups is 1. The van der Waals surface area contributed by atoms with Gasteiger partial charge in [0.1, 0.15) is 5.56 Å². The number of hydrogen-bond donors (Lipinski definition) is 1. The van der Waals surface area contributed by atoms with E-state index in [-0.39, 0.29) is 11.4 Å². The number of ether oxygens (including phenoxy) is 1. The molecule has 0 unspecified atom stereocenters. The minimum absolute atomic E-state index is 0.267. The molecule has 0 aliphatic carbocycles. The third-order valence-electron chi connectivity index (χ3n) is 3.59. The fourth-order valence-electron chi connectivity index (χ4n) is 2.51. The number of rotatable bonds is 4. The van der Waals surface area contributed by atoms with E-state index in [0.29, 0.717) is 22.0 Å². The Morgan fingerprint density at radius 1 is 1.12 bits per heavy atom. The number of esters is 1. The van der Waals surface area contributed by atoms with E-state index < -0.39 is 5.97 Å². The van der Waals surface area contributed by atoms with Crippen LogP contribution in [0.2, 0.25) is 5.02 Å². The number of aromatic amines is 1. The van der Waals surface area contributed by atoms with E-state index in [2.05, 4.69) is 9.97 Å². The Kier molecular flexibility index (Phi) is 5.26. The van der Waals surface area contributed by atoms with Crippen LogP contribution in [-0.2, 0) is 4.74 Å². The molecule has 3 aromatic rings. The van der Waals surface area contributed by atoms with Crippen molar-refractivity contribution in [2.24, 2.45) is 0 Å². The molecule has 0 spiro atoms. The highest BCUT2D eigenvalue weighted by molar-refractivity contribution is 7.71. The summed E-state index contributed by atoms with van der Waals surface area (Å²) in [4.78, 5) is 20.1. The van der Waals surface area contributed by atoms with Crippen LogP contribution in [0.25, 0.3) is 22.5 Å². The molecule has 3 rings (SSSR count). The predicted molar refractivity (Wildman–Crippen MR) is 101 cm³/mol. The van der Waals surface area contributed by atoms with Crippen molar-refractivity contribution < 1.29 is 9.53 Å². The number of nitrogens with zero attached hydrogens (tertiary/aromatic N) is 1. The first kappa shape index (κ1) is 17.3. The van der Waals surface area contributed by atoms with Crippen LogP contribution in [0.15, 0.2) is 54.6 Å². The first-order chi connectivity index (χ1) is 12.1. The summed E-state index contributed by atoms with van der Waals surface area (Å²) in [5, 5.41) is 0.609. The third-order valence-corrected chi connectivity index (χ3v) is 4.04. The summed E-state index contributed by atoms with van der Waals surface area (Å²) < 4.78 is 5.55. The van der Waals surface area contributed by atoms with E-state index in [1.807, 2.05) is 42.5 Å². The standard InChI is InChI=1S/C19H15ClN2O2S/c1-2-24-18(23)15-16(12-6-4-3-5-7-12)21-19(25)22-17(15)13-8-10-14(20)11-9-13/h3-11H,2H2,1H3,(H,21,22,25). The fourth-order valence-corrected chi connectivity index (χ4v) is 2.83. The van der Waals surface area contributed by atoms with Crippen LogP contribution in [0.3, 0.4) is 0 Å². The summed E-state index contributed by atoms with van der Waals surface area (Å²) >= 11 is 11.3. The van der Waals surface area contributed by atoms with E-state index in [1.165, 1.54) is 0 Å². The predicted octanol–water partition coefficient (Wildman–Crippen LogP) is 5.30. The lowest BCUT2D eigenvalue weighted by atomic mass is 10.0. The lowest BCUT2D eigenvalue weighted by Crippen LogP contribution is -2.11. The SMILES string of the molecule is CCOC(=O)c1c(-c2ccccc2)nc(=S)[nH]c1-c1ccc(Cl)cc1. The molecule has 6 heteroatoms. The highest BCUT2D eigenvalue weighted by Gasteiger charge is 2.22. The molecular formula is C19H15ClN2O2S. The molecule has 1 N–H and O–H groups in total. The van der Waals surface area contributed by atoms with Crippen LogP contribution < -0.4 is 0 Å². The Morgan fingerprint density at radius 3 is 2.44 bits per heavy atom. The van der Waals surface area contributed by atoms with Gasteiger partial charge >= 0.3 is 5.97 Å². The van der Waals surface area contributed by atoms with Gasteiger partial charge in [-0.2, -0.15) is 0 Å². The van der Waals surface area contributed by atoms with Gasteiger partial charge in [-0.25, -0.2) is 9.78 Å². The minimum atomic E-state index is -0.454. The van der Waals surface area contributed by atoms with Gasteiger partial charge in [0, 0.05) is 10.6 Å². The van der Waals surface area contributed by atoms with Gasteiger partial charge in [-0.15, -0.1) is 0 Å². The minimum Gasteiger partial charge on any atom is -0.462 e. The van der Waals surface area contributed by atoms with Crippen molar-refractivity contribution in [2.45, 2.75) is 6.92 Å². The van der Waals surface area contributed by atoms with Crippen LogP contribution in [0.5, 0.6) is 0 Å². The molecule has 1 heterocycles. The second-order valence-corrected chi connectivity index (χ2v) is 6.06. The zero-order chi connectivity index (χ0) is 17.8. The first-order valence-corrected chi connectivity index (χ1v) is 8.51. The zero-order valence-corrected chi connectivity index (χ0v) is 15.0. The van der Waals surface area contributed by atoms with Crippen molar-refractivity contribution in [3.8, 4) is 22.5 Å². The fraction of sp³-hybridized carbons (Fsp3) is 0.105. The van der Waals surface area contributed by atoms with Crippen molar-refractivity contribution in [1.29, 1.82) is 0 Å². The lowest BCUT2D eigenvalue weighted by molar-refractivity contribution is 0.0527. The summed E-state index contributed by atoms with van der Waals surface area (Å²) in [6.07, 6.45) is 0. The molecular weight excluding hydrogens is 356 g/mol. The highest BCUT2D eigenvalue weighted by atomic mass is 35.5. The summed E-state index contributed by atoms with van der Waals surface area (Å²) in [5.74, 6) is -0.454. The molecule has 0 saturated carbocycles. The molecule has 0 fully saturated rings. The van der Waals surface area contributed by atoms with Crippen molar-refractivity contribution >= 4 is 29.8 Å². The maximum absolute atomic E-state index is 12.7. The number of benzene rings is 2. The molecule has 0 aliphatic rings. The zero-order valence-electron chi connectivity index (χ0n) is 13.5. The van der Waals surface area contributed by atoms with Crippen LogP contribution in [0, 0.1) is 4.77 Å². The molecule has 0 radical (unpaired) electrons. The van der Waals surface area contributed by atoms with E-state index in [4.69, 9.17) is 28.6 Å². The molecule has 25 heavy (non-hydrogen) atoms. The van der Waals surface area contributed by atoms with Gasteiger partial charge in [-0.05, 0) is 36.8 Å². The second kappa shape index (κ2) is 7.59. The molecule has 0 amide bonds. The average Bonchev–Trinajstić information content (AvgIpc) is 2.62. The van der Waals surface area contributed by atoms with E-state index in [0.717, 1.165) is 11.1 Å². The van der Waals surface area contributed by atoms with Crippen LogP contribution in [0.1, 0.15) is 17.3 Å². The van der Waals surface area contributed by atoms with Gasteiger partial charge in [0.15, 0.2) is 4.77 Å². The molecule has 126 valence electrons. The van der Waals surface area contributed by atoms with Crippen molar-refractivity contribution in [2.75, 3.05) is 6.61 Å². The summed E-state index contributed by atoms with van der Waals surface area (Å²) in [5.41, 5.74) is 2.98. The van der Waals surface area contributed by atoms with Gasteiger partial charge in [-0.1, -0.05) is 54.1 Å². The quantitative estimate of drug-likeness (QED) is 0.500. The molecule has 0 saturated heterocycles. The Morgan fingerprint density at radius 2 is 1.80 bits per heavy atom. The second-order valence-electron chi connectivity index (χ2n) is 5.23. The maximum Gasteiger partial charge on any atom is 0.342 e. The van der Waals surface area contributed by atoms with Gasteiger partial charge in [0.25, 0.3) is 0 Å². The number of carbonyl (C=O) groups excluding carboxylic acids is 1. The Bertz CT molecular complexity index is 953. The first-order valence-electron chi connectivity index (χ1n) is 7.73. The summed E-state index contributed by atoms with van der Waals surface area (Å²) in [6, 6.07) is 16.6. The van der Waals surface area contributed by atoms with E-state index in [1.54, 1.807) is 19.1 Å². The van der Waals surface area contributed by atoms with Crippen molar-refractivity contribution in [3.63, 3.8) is 0 Å². The summed E-state index contributed by atoms with van der Waals surface area (Å²) in [7, 11) is 0. The number of aromatic nitrogens is 2. The molecule has 0 bridgehead atoms. The Balaban J connectivity index is 2.30. The van der Waals surface area contributed by atoms with Gasteiger partial charge < -0.3 is 9.72 Å². The number of H-pyrrole nitrogens is 1. The number of nitrogens with one attached hydrogen (secondary N) is 1. The average molecular weight is 371 g/mol. The monoisotopic (exact) mass is 370 g/mol. The van der Waals surface area contributed by atoms with Crippen molar-refractivity contribution in [1.82, 2.24) is 9.97 Å². The topological polar surface area (TPSA) is 55.0 Å². The van der Waals surface area contributed by atoms with E-state index >= 15 is 0 Å². The van der Waals surface area contributed by atoms with Crippen LogP contribution in [-0.4, -0.2) is 22.5 Å². The van der Waals surface area contributed by atoms with Crippen LogP contribution in [0.4, 0.5) is 0 Å². The Labute approximate surface area is 155 Å². The molecule has 2 aromatic carbocycles. The smallest absolute Gasteiger partial charge is 0.342 e. The van der Waals surface area contributed by atoms with Gasteiger partial charge in [-0.3, -0.25) is 0 Å². The normalized spacial score (nSPS) is 10.5. The maximum atomic E-state index is 12.7. The highest BCUT2D eigenvalue weighted by Crippen LogP contribution is 2.30. The lowest BCUT2D eigenvalue weighted by Gasteiger charge is -2.14. The largest absolute Gasteiger partial charge is 0.462 e. The van der Waals surface area contributed by atoms with Crippen molar-refractivity contribution in [3.05, 3.63) is 70.0 Å². The molecule has 0 aliphatic heterocycles. The Hall–Kier alpha value is -2.50. The summed E-state index contributed by atoms with van der Waals surface area (Å²) in [6.45, 7) is 2.03. The molecule has 4 nitrogen and oxygen atoms in total.